The van der Waals surface area contributed by atoms with Crippen molar-refractivity contribution >= 4 is 23.2 Å². The topological polar surface area (TPSA) is 89.5 Å². The molecular formula is C25H27N3O4. The number of aromatic nitrogens is 1. The van der Waals surface area contributed by atoms with Crippen molar-refractivity contribution in [3.05, 3.63) is 78.1 Å². The van der Waals surface area contributed by atoms with Crippen LogP contribution >= 0.6 is 0 Å². The molecule has 0 radical (unpaired) electrons. The van der Waals surface area contributed by atoms with Gasteiger partial charge in [-0.05, 0) is 54.8 Å². The van der Waals surface area contributed by atoms with Crippen molar-refractivity contribution in [2.75, 3.05) is 17.7 Å². The summed E-state index contributed by atoms with van der Waals surface area (Å²) < 4.78 is 11.2. The van der Waals surface area contributed by atoms with Crippen molar-refractivity contribution < 1.29 is 19.1 Å². The molecule has 32 heavy (non-hydrogen) atoms. The predicted octanol–water partition coefficient (Wildman–Crippen LogP) is 4.87. The molecule has 2 aromatic carbocycles. The Morgan fingerprint density at radius 1 is 0.969 bits per heavy atom. The molecule has 1 heterocycles. The summed E-state index contributed by atoms with van der Waals surface area (Å²) in [7, 11) is 1.49. The Morgan fingerprint density at radius 3 is 2.47 bits per heavy atom. The first kappa shape index (κ1) is 22.8. The number of nitrogens with zero attached hydrogens (tertiary/aromatic N) is 1. The maximum absolute atomic E-state index is 12.6. The van der Waals surface area contributed by atoms with E-state index in [1.165, 1.54) is 13.3 Å². The van der Waals surface area contributed by atoms with Gasteiger partial charge in [0.05, 0.1) is 18.4 Å². The van der Waals surface area contributed by atoms with Crippen molar-refractivity contribution in [3.8, 4) is 11.5 Å². The van der Waals surface area contributed by atoms with Crippen LogP contribution in [0.3, 0.4) is 0 Å². The van der Waals surface area contributed by atoms with Crippen LogP contribution in [-0.2, 0) is 4.79 Å². The number of benzene rings is 2. The minimum Gasteiger partial charge on any atom is -0.494 e. The van der Waals surface area contributed by atoms with Crippen LogP contribution in [0, 0.1) is 0 Å². The second-order valence-corrected chi connectivity index (χ2v) is 7.59. The van der Waals surface area contributed by atoms with Crippen molar-refractivity contribution in [2.45, 2.75) is 32.8 Å². The molecule has 0 aliphatic carbocycles. The molecule has 0 bridgehead atoms. The van der Waals surface area contributed by atoms with E-state index in [1.807, 2.05) is 24.3 Å². The molecule has 1 atom stereocenters. The summed E-state index contributed by atoms with van der Waals surface area (Å²) >= 11 is 0. The summed E-state index contributed by atoms with van der Waals surface area (Å²) in [4.78, 5) is 29.0. The van der Waals surface area contributed by atoms with Crippen molar-refractivity contribution in [2.24, 2.45) is 0 Å². The Bertz CT molecular complexity index is 1080. The first-order valence-electron chi connectivity index (χ1n) is 10.3. The molecule has 1 unspecified atom stereocenters. The minimum absolute atomic E-state index is 0.297. The third-order valence-corrected chi connectivity index (χ3v) is 4.85. The van der Waals surface area contributed by atoms with Crippen LogP contribution in [0.4, 0.5) is 11.4 Å². The number of hydrogen-bond acceptors (Lipinski definition) is 5. The van der Waals surface area contributed by atoms with Crippen LogP contribution in [-0.4, -0.2) is 30.0 Å². The number of carbonyl (C=O) groups is 2. The number of nitrogens with one attached hydrogen (secondary N) is 2. The molecule has 0 aliphatic rings. The van der Waals surface area contributed by atoms with Gasteiger partial charge in [-0.15, -0.1) is 0 Å². The molecule has 3 rings (SSSR count). The van der Waals surface area contributed by atoms with E-state index in [2.05, 4.69) is 29.5 Å². The Hall–Kier alpha value is -3.87. The average Bonchev–Trinajstić information content (AvgIpc) is 2.80. The van der Waals surface area contributed by atoms with E-state index < -0.39 is 6.10 Å². The fourth-order valence-corrected chi connectivity index (χ4v) is 3.01. The van der Waals surface area contributed by atoms with Gasteiger partial charge >= 0.3 is 0 Å². The van der Waals surface area contributed by atoms with Gasteiger partial charge in [-0.2, -0.15) is 0 Å². The lowest BCUT2D eigenvalue weighted by Gasteiger charge is -2.17. The summed E-state index contributed by atoms with van der Waals surface area (Å²) in [5, 5.41) is 5.61. The zero-order valence-electron chi connectivity index (χ0n) is 18.6. The maximum atomic E-state index is 12.6. The molecule has 0 saturated heterocycles. The summed E-state index contributed by atoms with van der Waals surface area (Å²) in [5.74, 6) is 0.823. The minimum atomic E-state index is -0.701. The molecule has 0 fully saturated rings. The van der Waals surface area contributed by atoms with Crippen LogP contribution in [0.5, 0.6) is 11.5 Å². The number of pyridine rings is 1. The molecule has 2 N–H and O–H groups in total. The second-order valence-electron chi connectivity index (χ2n) is 7.59. The molecule has 0 aliphatic heterocycles. The molecule has 0 saturated carbocycles. The zero-order chi connectivity index (χ0) is 23.1. The van der Waals surface area contributed by atoms with Gasteiger partial charge < -0.3 is 20.1 Å². The summed E-state index contributed by atoms with van der Waals surface area (Å²) in [6.45, 7) is 5.90. The molecule has 7 nitrogen and oxygen atoms in total. The smallest absolute Gasteiger partial charge is 0.265 e. The third kappa shape index (κ3) is 5.85. The maximum Gasteiger partial charge on any atom is 0.265 e. The first-order valence-corrected chi connectivity index (χ1v) is 10.3. The Balaban J connectivity index is 1.66. The van der Waals surface area contributed by atoms with E-state index in [0.717, 1.165) is 5.56 Å². The highest BCUT2D eigenvalue weighted by molar-refractivity contribution is 6.05. The van der Waals surface area contributed by atoms with Crippen LogP contribution in [0.15, 0.2) is 67.0 Å². The van der Waals surface area contributed by atoms with E-state index in [-0.39, 0.29) is 11.8 Å². The number of amides is 2. The Kier molecular flexibility index (Phi) is 7.44. The first-order chi connectivity index (χ1) is 15.4. The fraction of sp³-hybridized carbons (Fsp3) is 0.240. The molecule has 7 heteroatoms. The molecule has 166 valence electrons. The van der Waals surface area contributed by atoms with E-state index in [9.17, 15) is 9.59 Å². The van der Waals surface area contributed by atoms with E-state index in [4.69, 9.17) is 9.47 Å². The number of anilines is 2. The highest BCUT2D eigenvalue weighted by Gasteiger charge is 2.17. The SMILES string of the molecule is COc1cc(NC(=O)C(C)Oc2cccc(C(C)C)c2)ccc1NC(=O)c1cccnc1. The van der Waals surface area contributed by atoms with Crippen LogP contribution in [0.25, 0.3) is 0 Å². The quantitative estimate of drug-likeness (QED) is 0.529. The number of ether oxygens (including phenoxy) is 2. The second kappa shape index (κ2) is 10.4. The number of carbonyl (C=O) groups excluding carboxylic acids is 2. The summed E-state index contributed by atoms with van der Waals surface area (Å²) in [6, 6.07) is 16.1. The lowest BCUT2D eigenvalue weighted by Crippen LogP contribution is -2.30. The largest absolute Gasteiger partial charge is 0.494 e. The standard InChI is InChI=1S/C25H27N3O4/c1-16(2)18-7-5-9-21(13-18)32-17(3)24(29)27-20-10-11-22(23(14-20)31-4)28-25(30)19-8-6-12-26-15-19/h5-17H,1-4H3,(H,27,29)(H,28,30). The van der Waals surface area contributed by atoms with Crippen LogP contribution in [0.1, 0.15) is 42.6 Å². The summed E-state index contributed by atoms with van der Waals surface area (Å²) in [6.07, 6.45) is 2.38. The fourth-order valence-electron chi connectivity index (χ4n) is 3.01. The number of methoxy groups -OCH3 is 1. The van der Waals surface area contributed by atoms with Gasteiger partial charge in [-0.25, -0.2) is 0 Å². The monoisotopic (exact) mass is 433 g/mol. The predicted molar refractivity (Wildman–Crippen MR) is 124 cm³/mol. The number of hydrogen-bond donors (Lipinski definition) is 2. The summed E-state index contributed by atoms with van der Waals surface area (Å²) in [5.41, 5.74) is 2.58. The molecular weight excluding hydrogens is 406 g/mol. The molecule has 0 spiro atoms. The van der Waals surface area contributed by atoms with Gasteiger partial charge in [-0.1, -0.05) is 26.0 Å². The lowest BCUT2D eigenvalue weighted by molar-refractivity contribution is -0.122. The zero-order valence-corrected chi connectivity index (χ0v) is 18.6. The van der Waals surface area contributed by atoms with Gasteiger partial charge in [-0.3, -0.25) is 14.6 Å². The molecule has 2 amide bonds. The van der Waals surface area contributed by atoms with Crippen molar-refractivity contribution in [3.63, 3.8) is 0 Å². The molecule has 3 aromatic rings. The average molecular weight is 434 g/mol. The highest BCUT2D eigenvalue weighted by atomic mass is 16.5. The van der Waals surface area contributed by atoms with Gasteiger partial charge in [0.2, 0.25) is 0 Å². The normalized spacial score (nSPS) is 11.5. The van der Waals surface area contributed by atoms with E-state index >= 15 is 0 Å². The lowest BCUT2D eigenvalue weighted by atomic mass is 10.0. The van der Waals surface area contributed by atoms with Gasteiger partial charge in [0.15, 0.2) is 6.10 Å². The Labute approximate surface area is 187 Å². The van der Waals surface area contributed by atoms with Crippen LogP contribution < -0.4 is 20.1 Å². The van der Waals surface area contributed by atoms with Gasteiger partial charge in [0.25, 0.3) is 11.8 Å². The highest BCUT2D eigenvalue weighted by Crippen LogP contribution is 2.29. The Morgan fingerprint density at radius 2 is 1.78 bits per heavy atom. The van der Waals surface area contributed by atoms with Gasteiger partial charge in [0.1, 0.15) is 11.5 Å². The van der Waals surface area contributed by atoms with Crippen LogP contribution in [0.2, 0.25) is 0 Å². The van der Waals surface area contributed by atoms with Crippen molar-refractivity contribution in [1.82, 2.24) is 4.98 Å². The number of rotatable bonds is 8. The third-order valence-electron chi connectivity index (χ3n) is 4.85. The molecule has 1 aromatic heterocycles. The van der Waals surface area contributed by atoms with Crippen molar-refractivity contribution in [1.29, 1.82) is 0 Å². The van der Waals surface area contributed by atoms with Gasteiger partial charge in [0, 0.05) is 24.1 Å². The van der Waals surface area contributed by atoms with E-state index in [0.29, 0.717) is 34.4 Å². The van der Waals surface area contributed by atoms with E-state index in [1.54, 1.807) is 43.5 Å².